The highest BCUT2D eigenvalue weighted by atomic mass is 19.1. The summed E-state index contributed by atoms with van der Waals surface area (Å²) in [6.07, 6.45) is 6.56. The SMILES string of the molecule is CCc1ccc(C(=O)NNC(=O)/C=C/c2ccc(Oc3cccnc3)c(F)c2)cc1. The van der Waals surface area contributed by atoms with E-state index in [1.54, 1.807) is 36.5 Å². The molecule has 1 aromatic heterocycles. The first-order valence-electron chi connectivity index (χ1n) is 9.30. The highest BCUT2D eigenvalue weighted by molar-refractivity contribution is 5.97. The predicted octanol–water partition coefficient (Wildman–Crippen LogP) is 4.05. The molecule has 0 radical (unpaired) electrons. The molecule has 1 heterocycles. The van der Waals surface area contributed by atoms with E-state index in [-0.39, 0.29) is 5.75 Å². The molecule has 2 N–H and O–H groups in total. The molecule has 0 atom stereocenters. The summed E-state index contributed by atoms with van der Waals surface area (Å²) < 4.78 is 19.6. The molecule has 0 saturated carbocycles. The molecule has 30 heavy (non-hydrogen) atoms. The minimum Gasteiger partial charge on any atom is -0.453 e. The Bertz CT molecular complexity index is 1050. The number of nitrogens with zero attached hydrogens (tertiary/aromatic N) is 1. The van der Waals surface area contributed by atoms with Crippen molar-refractivity contribution in [1.29, 1.82) is 0 Å². The number of ether oxygens (including phenoxy) is 1. The summed E-state index contributed by atoms with van der Waals surface area (Å²) in [5, 5.41) is 0. The number of aromatic nitrogens is 1. The third kappa shape index (κ3) is 5.75. The average Bonchev–Trinajstić information content (AvgIpc) is 2.78. The summed E-state index contributed by atoms with van der Waals surface area (Å²) in [6.45, 7) is 2.02. The zero-order valence-corrected chi connectivity index (χ0v) is 16.3. The lowest BCUT2D eigenvalue weighted by Crippen LogP contribution is -2.40. The molecule has 2 aromatic carbocycles. The lowest BCUT2D eigenvalue weighted by Gasteiger charge is -2.07. The van der Waals surface area contributed by atoms with Crippen molar-refractivity contribution in [1.82, 2.24) is 15.8 Å². The first-order valence-corrected chi connectivity index (χ1v) is 9.30. The van der Waals surface area contributed by atoms with Crippen molar-refractivity contribution >= 4 is 17.9 Å². The third-order valence-electron chi connectivity index (χ3n) is 4.17. The molecule has 0 bridgehead atoms. The first-order chi connectivity index (χ1) is 14.5. The fraction of sp³-hybridized carbons (Fsp3) is 0.0870. The van der Waals surface area contributed by atoms with Crippen LogP contribution in [0.3, 0.4) is 0 Å². The van der Waals surface area contributed by atoms with Crippen LogP contribution in [0.25, 0.3) is 6.08 Å². The Morgan fingerprint density at radius 1 is 1.10 bits per heavy atom. The van der Waals surface area contributed by atoms with Gasteiger partial charge >= 0.3 is 0 Å². The summed E-state index contributed by atoms with van der Waals surface area (Å²) in [5.41, 5.74) is 6.63. The van der Waals surface area contributed by atoms with Gasteiger partial charge in [0.2, 0.25) is 0 Å². The molecule has 0 aliphatic rings. The van der Waals surface area contributed by atoms with E-state index in [1.165, 1.54) is 30.5 Å². The van der Waals surface area contributed by atoms with Crippen LogP contribution in [-0.4, -0.2) is 16.8 Å². The second-order valence-electron chi connectivity index (χ2n) is 6.31. The van der Waals surface area contributed by atoms with E-state index in [0.717, 1.165) is 12.0 Å². The number of hydrazine groups is 1. The third-order valence-corrected chi connectivity index (χ3v) is 4.17. The summed E-state index contributed by atoms with van der Waals surface area (Å²) >= 11 is 0. The van der Waals surface area contributed by atoms with Crippen LogP contribution in [0.1, 0.15) is 28.4 Å². The number of carbonyl (C=O) groups excluding carboxylic acids is 2. The quantitative estimate of drug-likeness (QED) is 0.479. The highest BCUT2D eigenvalue weighted by Gasteiger charge is 2.07. The first kappa shape index (κ1) is 20.7. The van der Waals surface area contributed by atoms with Gasteiger partial charge in [0.1, 0.15) is 5.75 Å². The van der Waals surface area contributed by atoms with Gasteiger partial charge in [-0.15, -0.1) is 0 Å². The minimum atomic E-state index is -0.578. The number of hydrogen-bond acceptors (Lipinski definition) is 4. The predicted molar refractivity (Wildman–Crippen MR) is 111 cm³/mol. The van der Waals surface area contributed by atoms with Gasteiger partial charge in [-0.25, -0.2) is 4.39 Å². The number of carbonyl (C=O) groups is 2. The molecule has 3 rings (SSSR count). The Morgan fingerprint density at radius 2 is 1.90 bits per heavy atom. The maximum atomic E-state index is 14.2. The fourth-order valence-electron chi connectivity index (χ4n) is 2.53. The van der Waals surface area contributed by atoms with Crippen molar-refractivity contribution in [2.75, 3.05) is 0 Å². The average molecular weight is 405 g/mol. The van der Waals surface area contributed by atoms with Crippen LogP contribution in [-0.2, 0) is 11.2 Å². The molecule has 0 aliphatic heterocycles. The number of benzene rings is 2. The zero-order valence-electron chi connectivity index (χ0n) is 16.3. The van der Waals surface area contributed by atoms with Crippen molar-refractivity contribution in [3.63, 3.8) is 0 Å². The van der Waals surface area contributed by atoms with E-state index >= 15 is 0 Å². The Kier molecular flexibility index (Phi) is 6.89. The highest BCUT2D eigenvalue weighted by Crippen LogP contribution is 2.24. The standard InChI is InChI=1S/C23H20FN3O3/c1-2-16-5-9-18(10-6-16)23(29)27-26-22(28)12-8-17-7-11-21(20(24)14-17)30-19-4-3-13-25-15-19/h3-15H,2H2,1H3,(H,26,28)(H,27,29)/b12-8+. The largest absolute Gasteiger partial charge is 0.453 e. The van der Waals surface area contributed by atoms with E-state index in [2.05, 4.69) is 15.8 Å². The molecule has 0 aliphatic carbocycles. The number of aryl methyl sites for hydroxylation is 1. The van der Waals surface area contributed by atoms with E-state index in [0.29, 0.717) is 16.9 Å². The summed E-state index contributed by atoms with van der Waals surface area (Å²) in [4.78, 5) is 27.8. The van der Waals surface area contributed by atoms with Crippen LogP contribution in [0, 0.1) is 5.82 Å². The molecule has 0 saturated heterocycles. The molecule has 7 heteroatoms. The van der Waals surface area contributed by atoms with Crippen LogP contribution >= 0.6 is 0 Å². The van der Waals surface area contributed by atoms with Crippen molar-refractivity contribution in [2.45, 2.75) is 13.3 Å². The number of amides is 2. The van der Waals surface area contributed by atoms with Gasteiger partial charge in [0.25, 0.3) is 11.8 Å². The monoisotopic (exact) mass is 405 g/mol. The van der Waals surface area contributed by atoms with E-state index < -0.39 is 17.6 Å². The molecule has 6 nitrogen and oxygen atoms in total. The minimum absolute atomic E-state index is 0.0472. The number of pyridine rings is 1. The van der Waals surface area contributed by atoms with Gasteiger partial charge in [-0.05, 0) is 60.0 Å². The lowest BCUT2D eigenvalue weighted by atomic mass is 10.1. The normalized spacial score (nSPS) is 10.6. The van der Waals surface area contributed by atoms with Crippen molar-refractivity contribution in [3.05, 3.63) is 95.6 Å². The zero-order chi connectivity index (χ0) is 21.3. The number of rotatable bonds is 6. The van der Waals surface area contributed by atoms with Crippen LogP contribution < -0.4 is 15.6 Å². The molecule has 0 unspecified atom stereocenters. The Hall–Kier alpha value is -4.00. The smallest absolute Gasteiger partial charge is 0.269 e. The molecule has 0 fully saturated rings. The Balaban J connectivity index is 1.53. The summed E-state index contributed by atoms with van der Waals surface area (Å²) in [5.74, 6) is -1.10. The van der Waals surface area contributed by atoms with Crippen LogP contribution in [0.4, 0.5) is 4.39 Å². The second-order valence-corrected chi connectivity index (χ2v) is 6.31. The van der Waals surface area contributed by atoms with Crippen molar-refractivity contribution in [3.8, 4) is 11.5 Å². The molecular formula is C23H20FN3O3. The van der Waals surface area contributed by atoms with Gasteiger partial charge in [-0.3, -0.25) is 25.4 Å². The molecule has 152 valence electrons. The van der Waals surface area contributed by atoms with Gasteiger partial charge < -0.3 is 4.74 Å². The summed E-state index contributed by atoms with van der Waals surface area (Å²) in [7, 11) is 0. The Labute approximate surface area is 173 Å². The number of hydrogen-bond donors (Lipinski definition) is 2. The maximum Gasteiger partial charge on any atom is 0.269 e. The Morgan fingerprint density at radius 3 is 2.57 bits per heavy atom. The topological polar surface area (TPSA) is 80.3 Å². The fourth-order valence-corrected chi connectivity index (χ4v) is 2.53. The molecule has 3 aromatic rings. The van der Waals surface area contributed by atoms with Gasteiger partial charge in [0.05, 0.1) is 6.20 Å². The van der Waals surface area contributed by atoms with Crippen LogP contribution in [0.15, 0.2) is 73.1 Å². The van der Waals surface area contributed by atoms with Gasteiger partial charge in [0, 0.05) is 17.8 Å². The lowest BCUT2D eigenvalue weighted by molar-refractivity contribution is -0.117. The van der Waals surface area contributed by atoms with Crippen LogP contribution in [0.5, 0.6) is 11.5 Å². The number of nitrogens with one attached hydrogen (secondary N) is 2. The molecule has 0 spiro atoms. The van der Waals surface area contributed by atoms with Gasteiger partial charge in [0.15, 0.2) is 11.6 Å². The van der Waals surface area contributed by atoms with E-state index in [4.69, 9.17) is 4.74 Å². The van der Waals surface area contributed by atoms with Crippen molar-refractivity contribution in [2.24, 2.45) is 0 Å². The maximum absolute atomic E-state index is 14.2. The molecular weight excluding hydrogens is 385 g/mol. The van der Waals surface area contributed by atoms with Gasteiger partial charge in [-0.1, -0.05) is 25.1 Å². The van der Waals surface area contributed by atoms with Crippen molar-refractivity contribution < 1.29 is 18.7 Å². The van der Waals surface area contributed by atoms with Gasteiger partial charge in [-0.2, -0.15) is 0 Å². The number of halogens is 1. The molecule has 2 amide bonds. The second kappa shape index (κ2) is 9.97. The van der Waals surface area contributed by atoms with E-state index in [9.17, 15) is 14.0 Å². The summed E-state index contributed by atoms with van der Waals surface area (Å²) in [6, 6.07) is 14.7. The van der Waals surface area contributed by atoms with E-state index in [1.807, 2.05) is 19.1 Å². The van der Waals surface area contributed by atoms with Crippen LogP contribution in [0.2, 0.25) is 0 Å².